The summed E-state index contributed by atoms with van der Waals surface area (Å²) in [6.07, 6.45) is 0. The molecule has 5 aromatic heterocycles. The molecule has 0 bridgehead atoms. The van der Waals surface area contributed by atoms with E-state index in [0.717, 1.165) is 70.0 Å². The standard InChI is InChI=1S/C53H34O2.C50H28O2S/c1-53(2)44-20-10-7-13-34(44)35-25-23-31(29-45(35)53)33-27-28-43(51-42-19-9-12-22-47(42)55-52(33)51)50-40-17-5-3-15-38(40)49(39-16-4-6-18-41(39)50)32-24-26-37-36-14-8-11-21-46(36)54-48(37)30-32;1-3-15-37-35(13-1)47(30-21-23-33-32-11-5-8-18-42(32)51-44(33)28-30)36-14-2-4-16-38(36)48(37)40-25-24-31(50-49(40)39-17-6-9-19-43(39)52-50)29-22-26-46-41(27-29)34-12-7-10-20-45(34)53-46/h3-30H,1-2H3;1-28H/i3D,4D,5D,6D,15D,16D,17D,18D;1D,2D,3D,4D,13D,14D,15D,16D. The molecule has 24 rings (SSSR count). The van der Waals surface area contributed by atoms with E-state index >= 15 is 0 Å². The average molecular weight is 1410 g/mol. The Labute approximate surface area is 646 Å². The van der Waals surface area contributed by atoms with E-state index < -0.39 is 48.3 Å². The summed E-state index contributed by atoms with van der Waals surface area (Å²) in [5.74, 6) is 0. The highest BCUT2D eigenvalue weighted by Crippen LogP contribution is 2.55. The van der Waals surface area contributed by atoms with Gasteiger partial charge in [-0.05, 0) is 206 Å². The van der Waals surface area contributed by atoms with Crippen LogP contribution in [-0.4, -0.2) is 0 Å². The van der Waals surface area contributed by atoms with Crippen molar-refractivity contribution in [2.24, 2.45) is 0 Å². The van der Waals surface area contributed by atoms with E-state index in [0.29, 0.717) is 77.7 Å². The third-order valence-electron chi connectivity index (χ3n) is 22.3. The van der Waals surface area contributed by atoms with Gasteiger partial charge in [0.05, 0.1) is 21.9 Å². The quantitative estimate of drug-likeness (QED) is 0.156. The van der Waals surface area contributed by atoms with Crippen LogP contribution < -0.4 is 0 Å². The van der Waals surface area contributed by atoms with E-state index in [9.17, 15) is 11.0 Å². The Morgan fingerprint density at radius 2 is 0.593 bits per heavy atom. The summed E-state index contributed by atoms with van der Waals surface area (Å²) < 4.78 is 177. The second-order valence-electron chi connectivity index (χ2n) is 28.3. The van der Waals surface area contributed by atoms with Crippen molar-refractivity contribution in [2.45, 2.75) is 19.3 Å². The van der Waals surface area contributed by atoms with Gasteiger partial charge in [-0.25, -0.2) is 0 Å². The Morgan fingerprint density at radius 1 is 0.241 bits per heavy atom. The molecule has 4 nitrogen and oxygen atoms in total. The van der Waals surface area contributed by atoms with Gasteiger partial charge in [0.25, 0.3) is 0 Å². The molecule has 5 heterocycles. The van der Waals surface area contributed by atoms with Crippen molar-refractivity contribution in [3.05, 3.63) is 350 Å². The Kier molecular flexibility index (Phi) is 10.1. The summed E-state index contributed by atoms with van der Waals surface area (Å²) in [6.45, 7) is 4.47. The van der Waals surface area contributed by atoms with Crippen LogP contribution in [0.3, 0.4) is 0 Å². The van der Waals surface area contributed by atoms with Gasteiger partial charge in [-0.2, -0.15) is 0 Å². The van der Waals surface area contributed by atoms with E-state index in [1.807, 2.05) is 158 Å². The zero-order chi connectivity index (χ0) is 85.0. The Morgan fingerprint density at radius 3 is 1.09 bits per heavy atom. The molecule has 1 aliphatic rings. The zero-order valence-corrected chi connectivity index (χ0v) is 58.5. The van der Waals surface area contributed by atoms with Gasteiger partial charge in [-0.3, -0.25) is 0 Å². The van der Waals surface area contributed by atoms with Gasteiger partial charge in [0, 0.05) is 79.8 Å². The maximum absolute atomic E-state index is 9.62. The second kappa shape index (κ2) is 23.2. The SMILES string of the molecule is [2H]c1c([2H])c([2H])c2c(-c3ccc(-c4ccc5c(c4)C(C)(C)c4ccccc4-5)c4oc5ccccc5c34)c3c([2H])c([2H])c([2H])c([2H])c3c(-c3ccc4c(c3)oc3ccccc34)c2c1[2H].[2H]c1c([2H])c([2H])c2c(-c3ccc(-c4ccc5sc6ccccc6c5c4)c4oc5ccccc5c34)c3c([2H])c([2H])c([2H])c([2H])c3c(-c3ccc4c(c3)oc3ccccc34)c2c1[2H]. The van der Waals surface area contributed by atoms with Crippen molar-refractivity contribution in [3.8, 4) is 77.9 Å². The van der Waals surface area contributed by atoms with Crippen LogP contribution in [-0.2, 0) is 5.41 Å². The average Bonchev–Trinajstić information content (AvgIpc) is 0.821. The summed E-state index contributed by atoms with van der Waals surface area (Å²) in [4.78, 5) is 0. The maximum atomic E-state index is 9.62. The maximum Gasteiger partial charge on any atom is 0.143 e. The first-order chi connectivity index (χ1) is 60.0. The molecule has 1 aliphatic carbocycles. The third-order valence-corrected chi connectivity index (χ3v) is 23.4. The minimum atomic E-state index is -0.459. The van der Waals surface area contributed by atoms with Gasteiger partial charge in [0.2, 0.25) is 0 Å². The minimum absolute atomic E-state index is 0.133. The van der Waals surface area contributed by atoms with Crippen LogP contribution in [0.2, 0.25) is 0 Å². The molecular formula is C103H62O4S. The molecule has 0 unspecified atom stereocenters. The Bertz CT molecular complexity index is 8670. The van der Waals surface area contributed by atoms with Gasteiger partial charge in [0.1, 0.15) is 44.7 Å². The van der Waals surface area contributed by atoms with Crippen molar-refractivity contribution < 1.29 is 39.6 Å². The monoisotopic (exact) mass is 1410 g/mol. The fourth-order valence-electron chi connectivity index (χ4n) is 17.4. The highest BCUT2D eigenvalue weighted by molar-refractivity contribution is 7.25. The topological polar surface area (TPSA) is 52.6 Å². The molecule has 5 heteroatoms. The molecule has 0 spiro atoms. The molecule has 18 aromatic carbocycles. The molecule has 504 valence electrons. The molecule has 0 fully saturated rings. The summed E-state index contributed by atoms with van der Waals surface area (Å²) in [7, 11) is 0. The molecule has 0 radical (unpaired) electrons. The van der Waals surface area contributed by atoms with E-state index in [1.165, 1.54) is 27.0 Å². The third kappa shape index (κ3) is 8.91. The van der Waals surface area contributed by atoms with E-state index in [-0.39, 0.29) is 119 Å². The summed E-state index contributed by atoms with van der Waals surface area (Å²) in [5.41, 5.74) is 15.8. The van der Waals surface area contributed by atoms with E-state index in [4.69, 9.17) is 28.6 Å². The number of rotatable bonds is 6. The first kappa shape index (κ1) is 47.0. The molecule has 0 atom stereocenters. The van der Waals surface area contributed by atoms with Crippen LogP contribution in [0.1, 0.15) is 46.9 Å². The lowest BCUT2D eigenvalue weighted by Gasteiger charge is -2.22. The Hall–Kier alpha value is -13.6. The second-order valence-corrected chi connectivity index (χ2v) is 29.4. The molecule has 23 aromatic rings. The largest absolute Gasteiger partial charge is 0.456 e. The number of hydrogen-bond acceptors (Lipinski definition) is 5. The molecular weight excluding hydrogens is 1330 g/mol. The normalized spacial score (nSPS) is 14.9. The van der Waals surface area contributed by atoms with Gasteiger partial charge in [-0.1, -0.05) is 268 Å². The smallest absolute Gasteiger partial charge is 0.143 e. The van der Waals surface area contributed by atoms with Crippen LogP contribution >= 0.6 is 11.3 Å². The van der Waals surface area contributed by atoms with E-state index in [1.54, 1.807) is 23.5 Å². The van der Waals surface area contributed by atoms with Crippen molar-refractivity contribution in [3.63, 3.8) is 0 Å². The summed E-state index contributed by atoms with van der Waals surface area (Å²) in [6, 6.07) is 72.6. The van der Waals surface area contributed by atoms with Crippen LogP contribution in [0.4, 0.5) is 0 Å². The van der Waals surface area contributed by atoms with Crippen molar-refractivity contribution in [2.75, 3.05) is 0 Å². The number of benzene rings is 18. The van der Waals surface area contributed by atoms with Crippen LogP contribution in [0.25, 0.3) is 229 Å². The molecule has 0 aliphatic heterocycles. The van der Waals surface area contributed by atoms with Gasteiger partial charge >= 0.3 is 0 Å². The molecule has 0 N–H and O–H groups in total. The number of para-hydroxylation sites is 4. The predicted octanol–water partition coefficient (Wildman–Crippen LogP) is 30.3. The van der Waals surface area contributed by atoms with Crippen molar-refractivity contribution in [1.29, 1.82) is 0 Å². The van der Waals surface area contributed by atoms with Crippen LogP contribution in [0.15, 0.2) is 357 Å². The lowest BCUT2D eigenvalue weighted by Crippen LogP contribution is -2.14. The fourth-order valence-corrected chi connectivity index (χ4v) is 18.5. The summed E-state index contributed by atoms with van der Waals surface area (Å²) in [5, 5.41) is 9.64. The van der Waals surface area contributed by atoms with Gasteiger partial charge < -0.3 is 17.7 Å². The minimum Gasteiger partial charge on any atom is -0.456 e. The van der Waals surface area contributed by atoms with Gasteiger partial charge in [0.15, 0.2) is 0 Å². The lowest BCUT2D eigenvalue weighted by molar-refractivity contribution is 0.660. The zero-order valence-electron chi connectivity index (χ0n) is 73.6. The first-order valence-corrected chi connectivity index (χ1v) is 36.6. The van der Waals surface area contributed by atoms with Crippen LogP contribution in [0, 0.1) is 0 Å². The molecule has 0 saturated heterocycles. The number of fused-ring (bicyclic) bond motifs is 22. The number of hydrogen-bond donors (Lipinski definition) is 0. The van der Waals surface area contributed by atoms with Crippen molar-refractivity contribution >= 4 is 162 Å². The number of thiophene rings is 1. The first-order valence-electron chi connectivity index (χ1n) is 43.8. The molecule has 0 amide bonds. The van der Waals surface area contributed by atoms with Crippen molar-refractivity contribution in [1.82, 2.24) is 0 Å². The lowest BCUT2D eigenvalue weighted by atomic mass is 9.81. The van der Waals surface area contributed by atoms with Gasteiger partial charge in [-0.15, -0.1) is 11.3 Å². The molecule has 108 heavy (non-hydrogen) atoms. The Balaban J connectivity index is 0.000000143. The summed E-state index contributed by atoms with van der Waals surface area (Å²) >= 11 is 1.73. The number of furan rings is 4. The predicted molar refractivity (Wildman–Crippen MR) is 455 cm³/mol. The highest BCUT2D eigenvalue weighted by atomic mass is 32.1. The van der Waals surface area contributed by atoms with E-state index in [2.05, 4.69) is 86.6 Å². The highest BCUT2D eigenvalue weighted by Gasteiger charge is 2.36. The molecule has 0 saturated carbocycles. The fraction of sp³-hybridized carbons (Fsp3) is 0.0291. The van der Waals surface area contributed by atoms with Crippen LogP contribution in [0.5, 0.6) is 0 Å².